The molecule has 1 atom stereocenters. The van der Waals surface area contributed by atoms with Crippen molar-refractivity contribution in [2.45, 2.75) is 31.9 Å². The average Bonchev–Trinajstić information content (AvgIpc) is 2.71. The zero-order valence-corrected chi connectivity index (χ0v) is 12.7. The highest BCUT2D eigenvalue weighted by Crippen LogP contribution is 2.24. The predicted molar refractivity (Wildman–Crippen MR) is 79.0 cm³/mol. The van der Waals surface area contributed by atoms with E-state index in [9.17, 15) is 14.4 Å². The van der Waals surface area contributed by atoms with Gasteiger partial charge in [-0.2, -0.15) is 0 Å². The van der Waals surface area contributed by atoms with Crippen LogP contribution in [0, 0.1) is 0 Å². The largest absolute Gasteiger partial charge is 0.444 e. The number of hydrogen-bond donors (Lipinski definition) is 3. The maximum Gasteiger partial charge on any atom is 0.407 e. The molecule has 0 aliphatic carbocycles. The van der Waals surface area contributed by atoms with Crippen LogP contribution in [-0.4, -0.2) is 30.2 Å². The van der Waals surface area contributed by atoms with Gasteiger partial charge in [-0.05, 0) is 26.3 Å². The Bertz CT molecular complexity index is 595. The van der Waals surface area contributed by atoms with E-state index in [4.69, 9.17) is 4.74 Å². The summed E-state index contributed by atoms with van der Waals surface area (Å²) in [5.74, 6) is -0.514. The van der Waals surface area contributed by atoms with Crippen molar-refractivity contribution in [1.82, 2.24) is 16.0 Å². The molecule has 0 radical (unpaired) electrons. The van der Waals surface area contributed by atoms with Gasteiger partial charge < -0.3 is 15.4 Å². The lowest BCUT2D eigenvalue weighted by Gasteiger charge is -2.27. The van der Waals surface area contributed by atoms with E-state index in [1.165, 1.54) is 0 Å². The lowest BCUT2D eigenvalue weighted by molar-refractivity contribution is -0.124. The molecule has 7 heteroatoms. The molecule has 0 saturated carbocycles. The van der Waals surface area contributed by atoms with Gasteiger partial charge in [-0.25, -0.2) is 9.59 Å². The van der Waals surface area contributed by atoms with Crippen molar-refractivity contribution in [3.8, 4) is 0 Å². The van der Waals surface area contributed by atoms with Gasteiger partial charge in [-0.3, -0.25) is 10.1 Å². The van der Waals surface area contributed by atoms with Gasteiger partial charge in [0.05, 0.1) is 6.54 Å². The number of imide groups is 1. The molecule has 118 valence electrons. The number of hydrogen-bond acceptors (Lipinski definition) is 4. The summed E-state index contributed by atoms with van der Waals surface area (Å²) in [6.07, 6.45) is -0.656. The van der Waals surface area contributed by atoms with E-state index in [1.807, 2.05) is 0 Å². The fraction of sp³-hybridized carbons (Fsp3) is 0.400. The van der Waals surface area contributed by atoms with E-state index in [0.29, 0.717) is 5.56 Å². The lowest BCUT2D eigenvalue weighted by atomic mass is 9.90. The minimum atomic E-state index is -1.34. The molecule has 0 bridgehead atoms. The first-order chi connectivity index (χ1) is 10.2. The van der Waals surface area contributed by atoms with Crippen LogP contribution in [0.4, 0.5) is 9.59 Å². The minimum Gasteiger partial charge on any atom is -0.444 e. The zero-order chi connectivity index (χ0) is 16.4. The summed E-state index contributed by atoms with van der Waals surface area (Å²) in [4.78, 5) is 35.5. The number of ether oxygens (including phenoxy) is 1. The Hall–Kier alpha value is -2.57. The van der Waals surface area contributed by atoms with Crippen LogP contribution in [0.15, 0.2) is 30.3 Å². The topological polar surface area (TPSA) is 96.5 Å². The maximum absolute atomic E-state index is 12.2. The van der Waals surface area contributed by atoms with E-state index in [2.05, 4.69) is 16.0 Å². The van der Waals surface area contributed by atoms with Gasteiger partial charge in [0.25, 0.3) is 5.91 Å². The highest BCUT2D eigenvalue weighted by Gasteiger charge is 2.48. The molecule has 1 heterocycles. The summed E-state index contributed by atoms with van der Waals surface area (Å²) < 4.78 is 5.15. The third-order valence-corrected chi connectivity index (χ3v) is 3.10. The summed E-state index contributed by atoms with van der Waals surface area (Å²) in [6.45, 7) is 5.11. The monoisotopic (exact) mass is 305 g/mol. The molecule has 1 saturated heterocycles. The van der Waals surface area contributed by atoms with Crippen LogP contribution in [0.1, 0.15) is 26.3 Å². The first kappa shape index (κ1) is 15.8. The number of alkyl carbamates (subject to hydrolysis) is 1. The van der Waals surface area contributed by atoms with Crippen LogP contribution in [0.5, 0.6) is 0 Å². The van der Waals surface area contributed by atoms with Crippen molar-refractivity contribution in [3.63, 3.8) is 0 Å². The molecule has 1 aromatic carbocycles. The summed E-state index contributed by atoms with van der Waals surface area (Å²) in [6, 6.07) is 8.13. The SMILES string of the molecule is CC(C)(C)OC(=O)NCC1(c2ccccc2)NC(=O)NC1=O. The number of amides is 4. The van der Waals surface area contributed by atoms with Crippen molar-refractivity contribution < 1.29 is 19.1 Å². The van der Waals surface area contributed by atoms with Gasteiger partial charge in [-0.1, -0.05) is 30.3 Å². The van der Waals surface area contributed by atoms with E-state index in [0.717, 1.165) is 0 Å². The summed E-state index contributed by atoms with van der Waals surface area (Å²) in [7, 11) is 0. The molecule has 4 amide bonds. The average molecular weight is 305 g/mol. The summed E-state index contributed by atoms with van der Waals surface area (Å²) >= 11 is 0. The molecule has 1 aliphatic heterocycles. The molecule has 2 rings (SSSR count). The molecule has 1 unspecified atom stereocenters. The number of rotatable bonds is 3. The smallest absolute Gasteiger partial charge is 0.407 e. The van der Waals surface area contributed by atoms with Gasteiger partial charge in [0, 0.05) is 0 Å². The van der Waals surface area contributed by atoms with Crippen molar-refractivity contribution in [2.24, 2.45) is 0 Å². The quantitative estimate of drug-likeness (QED) is 0.732. The molecule has 0 aromatic heterocycles. The molecule has 3 N–H and O–H groups in total. The molecular formula is C15H19N3O4. The third-order valence-electron chi connectivity index (χ3n) is 3.10. The Morgan fingerprint density at radius 1 is 1.23 bits per heavy atom. The Labute approximate surface area is 128 Å². The van der Waals surface area contributed by atoms with Crippen molar-refractivity contribution in [1.29, 1.82) is 0 Å². The van der Waals surface area contributed by atoms with Gasteiger partial charge in [-0.15, -0.1) is 0 Å². The van der Waals surface area contributed by atoms with Crippen LogP contribution >= 0.6 is 0 Å². The summed E-state index contributed by atoms with van der Waals surface area (Å²) in [5, 5.41) is 7.31. The maximum atomic E-state index is 12.2. The van der Waals surface area contributed by atoms with E-state index < -0.39 is 29.2 Å². The lowest BCUT2D eigenvalue weighted by Crippen LogP contribution is -2.53. The Kier molecular flexibility index (Phi) is 4.07. The van der Waals surface area contributed by atoms with Crippen LogP contribution in [0.25, 0.3) is 0 Å². The highest BCUT2D eigenvalue weighted by atomic mass is 16.6. The van der Waals surface area contributed by atoms with E-state index in [1.54, 1.807) is 51.1 Å². The molecule has 0 spiro atoms. The van der Waals surface area contributed by atoms with Crippen LogP contribution in [0.2, 0.25) is 0 Å². The summed E-state index contributed by atoms with van der Waals surface area (Å²) in [5.41, 5.74) is -1.41. The molecule has 1 fully saturated rings. The Morgan fingerprint density at radius 3 is 2.36 bits per heavy atom. The van der Waals surface area contributed by atoms with Crippen LogP contribution in [0.3, 0.4) is 0 Å². The second-order valence-corrected chi connectivity index (χ2v) is 6.04. The molecular weight excluding hydrogens is 286 g/mol. The van der Waals surface area contributed by atoms with Crippen molar-refractivity contribution in [2.75, 3.05) is 6.54 Å². The fourth-order valence-corrected chi connectivity index (χ4v) is 2.16. The second-order valence-electron chi connectivity index (χ2n) is 6.04. The van der Waals surface area contributed by atoms with E-state index >= 15 is 0 Å². The number of carbonyl (C=O) groups excluding carboxylic acids is 3. The molecule has 1 aromatic rings. The third kappa shape index (κ3) is 3.36. The standard InChI is InChI=1S/C15H19N3O4/c1-14(2,3)22-13(21)16-9-15(10-7-5-4-6-8-10)11(19)17-12(20)18-15/h4-8H,9H2,1-3H3,(H,16,21)(H2,17,18,19,20). The van der Waals surface area contributed by atoms with Gasteiger partial charge >= 0.3 is 12.1 Å². The minimum absolute atomic E-state index is 0.108. The Morgan fingerprint density at radius 2 is 1.86 bits per heavy atom. The van der Waals surface area contributed by atoms with E-state index in [-0.39, 0.29) is 6.54 Å². The van der Waals surface area contributed by atoms with Gasteiger partial charge in [0.2, 0.25) is 0 Å². The first-order valence-corrected chi connectivity index (χ1v) is 6.89. The molecule has 7 nitrogen and oxygen atoms in total. The van der Waals surface area contributed by atoms with Crippen LogP contribution < -0.4 is 16.0 Å². The second kappa shape index (κ2) is 5.67. The predicted octanol–water partition coefficient (Wildman–Crippen LogP) is 1.25. The first-order valence-electron chi connectivity index (χ1n) is 6.89. The number of benzene rings is 1. The normalized spacial score (nSPS) is 21.0. The molecule has 1 aliphatic rings. The van der Waals surface area contributed by atoms with Gasteiger partial charge in [0.1, 0.15) is 5.60 Å². The van der Waals surface area contributed by atoms with Crippen molar-refractivity contribution >= 4 is 18.0 Å². The van der Waals surface area contributed by atoms with Crippen molar-refractivity contribution in [3.05, 3.63) is 35.9 Å². The number of urea groups is 1. The highest BCUT2D eigenvalue weighted by molar-refractivity contribution is 6.07. The van der Waals surface area contributed by atoms with Crippen LogP contribution in [-0.2, 0) is 15.1 Å². The molecule has 22 heavy (non-hydrogen) atoms. The Balaban J connectivity index is 2.19. The number of nitrogens with one attached hydrogen (secondary N) is 3. The fourth-order valence-electron chi connectivity index (χ4n) is 2.16. The van der Waals surface area contributed by atoms with Gasteiger partial charge in [0.15, 0.2) is 5.54 Å². The number of carbonyl (C=O) groups is 3. The zero-order valence-electron chi connectivity index (χ0n) is 12.7.